The highest BCUT2D eigenvalue weighted by molar-refractivity contribution is 6.39. The number of hydrogen-bond donors (Lipinski definition) is 1. The van der Waals surface area contributed by atoms with Gasteiger partial charge in [0.25, 0.3) is 5.91 Å². The van der Waals surface area contributed by atoms with Crippen LogP contribution in [-0.2, 0) is 19.1 Å². The van der Waals surface area contributed by atoms with Gasteiger partial charge >= 0.3 is 5.97 Å². The van der Waals surface area contributed by atoms with Gasteiger partial charge in [-0.1, -0.05) is 0 Å². The van der Waals surface area contributed by atoms with Gasteiger partial charge in [0.2, 0.25) is 5.66 Å². The maximum atomic E-state index is 13.4. The Kier molecular flexibility index (Phi) is 5.42. The third-order valence-electron chi connectivity index (χ3n) is 5.69. The van der Waals surface area contributed by atoms with Gasteiger partial charge in [-0.25, -0.2) is 9.80 Å². The summed E-state index contributed by atoms with van der Waals surface area (Å²) in [6, 6.07) is 7.32. The van der Waals surface area contributed by atoms with Crippen molar-refractivity contribution in [2.75, 3.05) is 51.6 Å². The number of rotatable bonds is 5. The molecule has 4 rings (SSSR count). The molecule has 3 heterocycles. The molecule has 0 saturated carbocycles. The molecular formula is C20H26N4O5. The first-order chi connectivity index (χ1) is 14.1. The lowest BCUT2D eigenvalue weighted by atomic mass is 9.80. The number of esters is 1. The summed E-state index contributed by atoms with van der Waals surface area (Å²) in [6.45, 7) is 4.69. The summed E-state index contributed by atoms with van der Waals surface area (Å²) in [5.41, 5.74) is -0.124. The van der Waals surface area contributed by atoms with Gasteiger partial charge in [-0.2, -0.15) is 5.10 Å². The van der Waals surface area contributed by atoms with E-state index in [9.17, 15) is 9.59 Å². The monoisotopic (exact) mass is 402 g/mol. The number of hydrogen-bond acceptors (Lipinski definition) is 8. The van der Waals surface area contributed by atoms with Crippen molar-refractivity contribution >= 4 is 23.3 Å². The maximum Gasteiger partial charge on any atom is 0.354 e. The van der Waals surface area contributed by atoms with Crippen LogP contribution in [0, 0.1) is 5.92 Å². The summed E-state index contributed by atoms with van der Waals surface area (Å²) in [5, 5.41) is 9.34. The van der Waals surface area contributed by atoms with E-state index < -0.39 is 17.6 Å². The van der Waals surface area contributed by atoms with Crippen LogP contribution in [0.15, 0.2) is 29.4 Å². The second-order valence-corrected chi connectivity index (χ2v) is 7.14. The highest BCUT2D eigenvalue weighted by Crippen LogP contribution is 2.44. The van der Waals surface area contributed by atoms with Crippen LogP contribution in [0.3, 0.4) is 0 Å². The second kappa shape index (κ2) is 8.00. The van der Waals surface area contributed by atoms with Gasteiger partial charge in [-0.3, -0.25) is 9.69 Å². The Hall–Kier alpha value is -2.65. The first-order valence-corrected chi connectivity index (χ1v) is 9.94. The fourth-order valence-electron chi connectivity index (χ4n) is 4.41. The van der Waals surface area contributed by atoms with Crippen molar-refractivity contribution < 1.29 is 23.8 Å². The van der Waals surface area contributed by atoms with Crippen LogP contribution in [-0.4, -0.2) is 74.7 Å². The molecule has 0 spiro atoms. The molecule has 29 heavy (non-hydrogen) atoms. The Morgan fingerprint density at radius 3 is 2.69 bits per heavy atom. The van der Waals surface area contributed by atoms with Crippen LogP contribution in [0.1, 0.15) is 13.3 Å². The molecule has 156 valence electrons. The fraction of sp³-hybridized carbons (Fsp3) is 0.550. The largest absolute Gasteiger partial charge is 0.497 e. The number of amides is 1. The Bertz CT molecular complexity index is 806. The Morgan fingerprint density at radius 1 is 1.31 bits per heavy atom. The molecular weight excluding hydrogens is 376 g/mol. The van der Waals surface area contributed by atoms with E-state index in [4.69, 9.17) is 14.2 Å². The molecule has 9 heteroatoms. The van der Waals surface area contributed by atoms with Crippen LogP contribution < -0.4 is 15.1 Å². The van der Waals surface area contributed by atoms with Crippen molar-refractivity contribution in [3.8, 4) is 5.75 Å². The van der Waals surface area contributed by atoms with E-state index in [-0.39, 0.29) is 12.5 Å². The summed E-state index contributed by atoms with van der Waals surface area (Å²) < 4.78 is 16.0. The second-order valence-electron chi connectivity index (χ2n) is 7.14. The summed E-state index contributed by atoms with van der Waals surface area (Å²) in [4.78, 5) is 28.3. The molecule has 1 amide bonds. The number of carbonyl (C=O) groups is 2. The first-order valence-electron chi connectivity index (χ1n) is 9.94. The zero-order valence-electron chi connectivity index (χ0n) is 16.7. The van der Waals surface area contributed by atoms with E-state index in [1.165, 1.54) is 0 Å². The number of fused-ring (bicyclic) bond motifs is 1. The summed E-state index contributed by atoms with van der Waals surface area (Å²) >= 11 is 0. The van der Waals surface area contributed by atoms with E-state index >= 15 is 0 Å². The summed E-state index contributed by atoms with van der Waals surface area (Å²) in [6.07, 6.45) is 0.605. The summed E-state index contributed by atoms with van der Waals surface area (Å²) in [7, 11) is 1.60. The highest BCUT2D eigenvalue weighted by Gasteiger charge is 2.63. The molecule has 0 unspecified atom stereocenters. The molecule has 0 aliphatic carbocycles. The lowest BCUT2D eigenvalue weighted by Crippen LogP contribution is -2.73. The van der Waals surface area contributed by atoms with E-state index in [1.54, 1.807) is 19.0 Å². The first kappa shape index (κ1) is 19.7. The number of nitrogens with one attached hydrogen (secondary N) is 1. The highest BCUT2D eigenvalue weighted by atomic mass is 16.5. The number of ether oxygens (including phenoxy) is 3. The minimum Gasteiger partial charge on any atom is -0.497 e. The number of methoxy groups -OCH3 is 1. The standard InChI is InChI=1S/C20H26N4O5/c1-3-29-18(25)17-16-8-9-21-19(26)20(16,23-10-12-28-13-11-23)24(22-17)14-4-6-15(27-2)7-5-14/h4-7,16H,3,8-13H2,1-2H3,(H,21,26)/t16-,20+/m1/s1. The number of morpholine rings is 1. The molecule has 9 nitrogen and oxygen atoms in total. The number of benzene rings is 1. The zero-order chi connectivity index (χ0) is 20.4. The topological polar surface area (TPSA) is 92.7 Å². The van der Waals surface area contributed by atoms with Crippen molar-refractivity contribution in [1.29, 1.82) is 0 Å². The molecule has 2 atom stereocenters. The molecule has 2 saturated heterocycles. The van der Waals surface area contributed by atoms with Crippen LogP contribution in [0.4, 0.5) is 5.69 Å². The van der Waals surface area contributed by atoms with Gasteiger partial charge in [0, 0.05) is 19.6 Å². The molecule has 0 aromatic heterocycles. The van der Waals surface area contributed by atoms with Crippen LogP contribution >= 0.6 is 0 Å². The average Bonchev–Trinajstić information content (AvgIpc) is 3.12. The van der Waals surface area contributed by atoms with Crippen molar-refractivity contribution in [3.63, 3.8) is 0 Å². The van der Waals surface area contributed by atoms with E-state index in [0.29, 0.717) is 56.4 Å². The van der Waals surface area contributed by atoms with Crippen molar-refractivity contribution in [3.05, 3.63) is 24.3 Å². The minimum atomic E-state index is -1.13. The normalized spacial score (nSPS) is 27.1. The van der Waals surface area contributed by atoms with Crippen molar-refractivity contribution in [2.24, 2.45) is 11.0 Å². The summed E-state index contributed by atoms with van der Waals surface area (Å²) in [5.74, 6) is -0.321. The molecule has 1 aromatic rings. The van der Waals surface area contributed by atoms with Gasteiger partial charge < -0.3 is 19.5 Å². The minimum absolute atomic E-state index is 0.158. The van der Waals surface area contributed by atoms with Gasteiger partial charge in [0.15, 0.2) is 5.71 Å². The zero-order valence-corrected chi connectivity index (χ0v) is 16.7. The third-order valence-corrected chi connectivity index (χ3v) is 5.69. The number of carbonyl (C=O) groups excluding carboxylic acids is 2. The van der Waals surface area contributed by atoms with Crippen molar-refractivity contribution in [2.45, 2.75) is 19.0 Å². The van der Waals surface area contributed by atoms with E-state index in [0.717, 1.165) is 0 Å². The molecule has 3 aliphatic heterocycles. The fourth-order valence-corrected chi connectivity index (χ4v) is 4.41. The van der Waals surface area contributed by atoms with Crippen LogP contribution in [0.2, 0.25) is 0 Å². The molecule has 3 aliphatic rings. The Balaban J connectivity index is 1.84. The number of piperidine rings is 1. The molecule has 1 N–H and O–H groups in total. The Morgan fingerprint density at radius 2 is 2.03 bits per heavy atom. The third kappa shape index (κ3) is 3.14. The lowest BCUT2D eigenvalue weighted by Gasteiger charge is -2.50. The predicted octanol–water partition coefficient (Wildman–Crippen LogP) is 0.599. The number of anilines is 1. The van der Waals surface area contributed by atoms with Gasteiger partial charge in [-0.15, -0.1) is 0 Å². The van der Waals surface area contributed by atoms with E-state index in [2.05, 4.69) is 15.3 Å². The van der Waals surface area contributed by atoms with Crippen molar-refractivity contribution in [1.82, 2.24) is 10.2 Å². The van der Waals surface area contributed by atoms with Crippen LogP contribution in [0.25, 0.3) is 0 Å². The molecule has 1 aromatic carbocycles. The molecule has 0 bridgehead atoms. The number of nitrogens with zero attached hydrogens (tertiary/aromatic N) is 3. The smallest absolute Gasteiger partial charge is 0.354 e. The predicted molar refractivity (Wildman–Crippen MR) is 106 cm³/mol. The quantitative estimate of drug-likeness (QED) is 0.721. The van der Waals surface area contributed by atoms with Gasteiger partial charge in [-0.05, 0) is 37.6 Å². The number of hydrazone groups is 1. The average molecular weight is 402 g/mol. The SMILES string of the molecule is CCOC(=O)C1=NN(c2ccc(OC)cc2)[C@]2(N3CCOCC3)C(=O)NCC[C@H]12. The van der Waals surface area contributed by atoms with Gasteiger partial charge in [0.1, 0.15) is 5.75 Å². The maximum absolute atomic E-state index is 13.4. The lowest BCUT2D eigenvalue weighted by molar-refractivity contribution is -0.143. The van der Waals surface area contributed by atoms with Crippen LogP contribution in [0.5, 0.6) is 5.75 Å². The van der Waals surface area contributed by atoms with Gasteiger partial charge in [0.05, 0.1) is 38.5 Å². The van der Waals surface area contributed by atoms with E-state index in [1.807, 2.05) is 24.3 Å². The Labute approximate surface area is 169 Å². The molecule has 0 radical (unpaired) electrons. The molecule has 2 fully saturated rings.